The maximum Gasteiger partial charge on any atom is 0.238 e. The lowest BCUT2D eigenvalue weighted by atomic mass is 9.82. The van der Waals surface area contributed by atoms with E-state index in [0.29, 0.717) is 28.6 Å². The fraction of sp³-hybridized carbons (Fsp3) is 0.333. The van der Waals surface area contributed by atoms with Crippen molar-refractivity contribution in [3.8, 4) is 0 Å². The van der Waals surface area contributed by atoms with Crippen molar-refractivity contribution in [3.05, 3.63) is 39.9 Å². The van der Waals surface area contributed by atoms with Gasteiger partial charge in [0.05, 0.1) is 22.5 Å². The summed E-state index contributed by atoms with van der Waals surface area (Å²) in [6, 6.07) is 4.80. The Hall–Kier alpha value is -1.32. The zero-order chi connectivity index (χ0) is 14.4. The number of allylic oxidation sites excluding steroid dienone is 2. The number of benzene rings is 1. The highest BCUT2D eigenvalue weighted by molar-refractivity contribution is 6.38. The first kappa shape index (κ1) is 13.7. The molecule has 2 aliphatic rings. The molecule has 1 aliphatic carbocycles. The molecule has 1 aromatic rings. The molecule has 0 radical (unpaired) electrons. The standard InChI is InChI=1S/C15H13Cl2NO2/c1-8-2-4-10-11(6-8)15(20)18(14(10)19)13-5-3-9(16)7-12(13)17/h2-3,5,7,10-11H,4,6H2,1H3/t10-,11+/m0/s1. The van der Waals surface area contributed by atoms with E-state index in [1.165, 1.54) is 4.90 Å². The van der Waals surface area contributed by atoms with Crippen molar-refractivity contribution in [1.29, 1.82) is 0 Å². The van der Waals surface area contributed by atoms with Crippen LogP contribution in [0.5, 0.6) is 0 Å². The molecule has 1 saturated heterocycles. The Kier molecular flexibility index (Phi) is 3.35. The van der Waals surface area contributed by atoms with E-state index in [1.807, 2.05) is 13.0 Å². The normalized spacial score (nSPS) is 25.8. The van der Waals surface area contributed by atoms with Crippen LogP contribution in [-0.4, -0.2) is 11.8 Å². The Morgan fingerprint density at radius 1 is 1.15 bits per heavy atom. The van der Waals surface area contributed by atoms with Gasteiger partial charge in [-0.15, -0.1) is 0 Å². The quantitative estimate of drug-likeness (QED) is 0.584. The molecular weight excluding hydrogens is 297 g/mol. The topological polar surface area (TPSA) is 37.4 Å². The second-order valence-electron chi connectivity index (χ2n) is 5.31. The lowest BCUT2D eigenvalue weighted by molar-refractivity contribution is -0.122. The number of nitrogens with zero attached hydrogens (tertiary/aromatic N) is 1. The summed E-state index contributed by atoms with van der Waals surface area (Å²) in [5.41, 5.74) is 1.59. The fourth-order valence-electron chi connectivity index (χ4n) is 2.94. The Labute approximate surface area is 127 Å². The molecule has 0 saturated carbocycles. The Bertz CT molecular complexity index is 639. The van der Waals surface area contributed by atoms with E-state index in [-0.39, 0.29) is 23.7 Å². The average Bonchev–Trinajstić information content (AvgIpc) is 2.63. The van der Waals surface area contributed by atoms with Crippen LogP contribution in [0.15, 0.2) is 29.8 Å². The van der Waals surface area contributed by atoms with Crippen LogP contribution in [0, 0.1) is 11.8 Å². The maximum atomic E-state index is 12.5. The molecule has 3 rings (SSSR count). The summed E-state index contributed by atoms with van der Waals surface area (Å²) in [4.78, 5) is 26.2. The molecule has 20 heavy (non-hydrogen) atoms. The predicted octanol–water partition coefficient (Wildman–Crippen LogP) is 3.84. The molecule has 1 fully saturated rings. The van der Waals surface area contributed by atoms with Crippen LogP contribution in [0.25, 0.3) is 0 Å². The number of amides is 2. The number of fused-ring (bicyclic) bond motifs is 1. The molecule has 1 heterocycles. The van der Waals surface area contributed by atoms with Crippen LogP contribution in [0.2, 0.25) is 10.0 Å². The molecule has 104 valence electrons. The molecule has 0 aromatic heterocycles. The van der Waals surface area contributed by atoms with Crippen molar-refractivity contribution in [2.24, 2.45) is 11.8 Å². The molecule has 1 aliphatic heterocycles. The highest BCUT2D eigenvalue weighted by Gasteiger charge is 2.49. The van der Waals surface area contributed by atoms with Gasteiger partial charge in [0.15, 0.2) is 0 Å². The molecule has 5 heteroatoms. The monoisotopic (exact) mass is 309 g/mol. The Morgan fingerprint density at radius 2 is 1.85 bits per heavy atom. The van der Waals surface area contributed by atoms with E-state index in [9.17, 15) is 9.59 Å². The molecule has 2 atom stereocenters. The Balaban J connectivity index is 2.00. The molecule has 0 unspecified atom stereocenters. The van der Waals surface area contributed by atoms with E-state index in [0.717, 1.165) is 5.57 Å². The lowest BCUT2D eigenvalue weighted by Crippen LogP contribution is -2.31. The summed E-state index contributed by atoms with van der Waals surface area (Å²) in [5, 5.41) is 0.801. The second-order valence-corrected chi connectivity index (χ2v) is 6.15. The van der Waals surface area contributed by atoms with Crippen LogP contribution in [0.3, 0.4) is 0 Å². The van der Waals surface area contributed by atoms with Crippen molar-refractivity contribution in [2.45, 2.75) is 19.8 Å². The third-order valence-corrected chi connectivity index (χ3v) is 4.51. The average molecular weight is 310 g/mol. The molecule has 2 amide bonds. The first-order valence-corrected chi connectivity index (χ1v) is 7.23. The number of carbonyl (C=O) groups excluding carboxylic acids is 2. The number of hydrogen-bond acceptors (Lipinski definition) is 2. The minimum Gasteiger partial charge on any atom is -0.274 e. The molecule has 0 spiro atoms. The van der Waals surface area contributed by atoms with Crippen molar-refractivity contribution in [2.75, 3.05) is 4.90 Å². The maximum absolute atomic E-state index is 12.5. The number of anilines is 1. The number of rotatable bonds is 1. The van der Waals surface area contributed by atoms with Crippen LogP contribution in [0.4, 0.5) is 5.69 Å². The summed E-state index contributed by atoms with van der Waals surface area (Å²) in [6.07, 6.45) is 3.32. The van der Waals surface area contributed by atoms with Gasteiger partial charge in [-0.3, -0.25) is 9.59 Å². The highest BCUT2D eigenvalue weighted by Crippen LogP contribution is 2.41. The van der Waals surface area contributed by atoms with Gasteiger partial charge < -0.3 is 0 Å². The lowest BCUT2D eigenvalue weighted by Gasteiger charge is -2.18. The summed E-state index contributed by atoms with van der Waals surface area (Å²) in [7, 11) is 0. The zero-order valence-corrected chi connectivity index (χ0v) is 12.4. The van der Waals surface area contributed by atoms with Crippen molar-refractivity contribution in [3.63, 3.8) is 0 Å². The van der Waals surface area contributed by atoms with Gasteiger partial charge in [0.2, 0.25) is 11.8 Å². The minimum absolute atomic E-state index is 0.156. The third-order valence-electron chi connectivity index (χ3n) is 3.97. The van der Waals surface area contributed by atoms with E-state index >= 15 is 0 Å². The van der Waals surface area contributed by atoms with Gasteiger partial charge in [0.25, 0.3) is 0 Å². The van der Waals surface area contributed by atoms with Gasteiger partial charge in [-0.1, -0.05) is 34.9 Å². The van der Waals surface area contributed by atoms with Crippen molar-refractivity contribution in [1.82, 2.24) is 0 Å². The second kappa shape index (κ2) is 4.90. The van der Waals surface area contributed by atoms with Gasteiger partial charge in [-0.25, -0.2) is 4.90 Å². The van der Waals surface area contributed by atoms with E-state index < -0.39 is 0 Å². The SMILES string of the molecule is CC1=CC[C@@H]2C(=O)N(c3ccc(Cl)cc3Cl)C(=O)[C@@H]2C1. The number of hydrogen-bond donors (Lipinski definition) is 0. The van der Waals surface area contributed by atoms with E-state index in [2.05, 4.69) is 0 Å². The molecule has 0 bridgehead atoms. The van der Waals surface area contributed by atoms with Gasteiger partial charge in [0.1, 0.15) is 0 Å². The van der Waals surface area contributed by atoms with Gasteiger partial charge >= 0.3 is 0 Å². The fourth-order valence-corrected chi connectivity index (χ4v) is 3.43. The van der Waals surface area contributed by atoms with Crippen molar-refractivity contribution < 1.29 is 9.59 Å². The first-order chi connectivity index (χ1) is 9.49. The molecular formula is C15H13Cl2NO2. The summed E-state index contributed by atoms with van der Waals surface area (Å²) >= 11 is 12.0. The Morgan fingerprint density at radius 3 is 2.55 bits per heavy atom. The van der Waals surface area contributed by atoms with Gasteiger partial charge in [-0.05, 0) is 38.0 Å². The third kappa shape index (κ3) is 2.05. The molecule has 0 N–H and O–H groups in total. The number of imide groups is 1. The predicted molar refractivity (Wildman–Crippen MR) is 78.9 cm³/mol. The van der Waals surface area contributed by atoms with Gasteiger partial charge in [0, 0.05) is 5.02 Å². The summed E-state index contributed by atoms with van der Waals surface area (Å²) in [6.45, 7) is 1.99. The largest absolute Gasteiger partial charge is 0.274 e. The van der Waals surface area contributed by atoms with Crippen LogP contribution < -0.4 is 4.90 Å². The van der Waals surface area contributed by atoms with Crippen LogP contribution >= 0.6 is 23.2 Å². The van der Waals surface area contributed by atoms with E-state index in [4.69, 9.17) is 23.2 Å². The minimum atomic E-state index is -0.252. The number of carbonyl (C=O) groups is 2. The first-order valence-electron chi connectivity index (χ1n) is 6.47. The smallest absolute Gasteiger partial charge is 0.238 e. The highest BCUT2D eigenvalue weighted by atomic mass is 35.5. The van der Waals surface area contributed by atoms with Crippen molar-refractivity contribution >= 4 is 40.7 Å². The van der Waals surface area contributed by atoms with Gasteiger partial charge in [-0.2, -0.15) is 0 Å². The van der Waals surface area contributed by atoms with Crippen LogP contribution in [-0.2, 0) is 9.59 Å². The van der Waals surface area contributed by atoms with Crippen LogP contribution in [0.1, 0.15) is 19.8 Å². The number of halogens is 2. The zero-order valence-electron chi connectivity index (χ0n) is 10.9. The molecule has 1 aromatic carbocycles. The summed E-state index contributed by atoms with van der Waals surface area (Å²) < 4.78 is 0. The molecule has 3 nitrogen and oxygen atoms in total. The van der Waals surface area contributed by atoms with E-state index in [1.54, 1.807) is 18.2 Å². The summed E-state index contributed by atoms with van der Waals surface area (Å²) in [5.74, 6) is -0.818.